The third-order valence-corrected chi connectivity index (χ3v) is 5.10. The van der Waals surface area contributed by atoms with Gasteiger partial charge >= 0.3 is 0 Å². The zero-order valence-corrected chi connectivity index (χ0v) is 18.0. The summed E-state index contributed by atoms with van der Waals surface area (Å²) in [6, 6.07) is 5.44. The molecule has 1 N–H and O–H groups in total. The van der Waals surface area contributed by atoms with E-state index in [9.17, 15) is 0 Å². The van der Waals surface area contributed by atoms with Crippen LogP contribution < -0.4 is 4.90 Å². The number of H-pyrrole nitrogens is 1. The van der Waals surface area contributed by atoms with Crippen LogP contribution in [0.15, 0.2) is 18.2 Å². The number of anilines is 1. The van der Waals surface area contributed by atoms with Crippen LogP contribution >= 0.6 is 23.2 Å². The summed E-state index contributed by atoms with van der Waals surface area (Å²) in [6.45, 7) is 6.50. The van der Waals surface area contributed by atoms with Crippen molar-refractivity contribution in [2.75, 3.05) is 45.4 Å². The molecule has 0 saturated heterocycles. The van der Waals surface area contributed by atoms with Crippen LogP contribution in [0.2, 0.25) is 10.0 Å². The average molecular weight is 423 g/mol. The number of hydrogen-bond acceptors (Lipinski definition) is 5. The molecule has 2 aliphatic heterocycles. The second kappa shape index (κ2) is 9.09. The molecule has 0 aliphatic carbocycles. The van der Waals surface area contributed by atoms with E-state index >= 15 is 0 Å². The lowest BCUT2D eigenvalue weighted by molar-refractivity contribution is 0.190. The predicted molar refractivity (Wildman–Crippen MR) is 114 cm³/mol. The van der Waals surface area contributed by atoms with E-state index in [1.165, 1.54) is 0 Å². The van der Waals surface area contributed by atoms with Gasteiger partial charge in [-0.2, -0.15) is 0 Å². The first kappa shape index (κ1) is 20.9. The molecule has 28 heavy (non-hydrogen) atoms. The number of methoxy groups -OCH3 is 2. The summed E-state index contributed by atoms with van der Waals surface area (Å²) >= 11 is 12.5. The second-order valence-electron chi connectivity index (χ2n) is 6.54. The first-order chi connectivity index (χ1) is 13.5. The lowest BCUT2D eigenvalue weighted by Crippen LogP contribution is -2.32. The molecule has 8 heteroatoms. The van der Waals surface area contributed by atoms with Gasteiger partial charge in [-0.3, -0.25) is 4.98 Å². The number of nitrogens with one attached hydrogen (secondary N) is 1. The van der Waals surface area contributed by atoms with Gasteiger partial charge in [0.05, 0.1) is 40.9 Å². The highest BCUT2D eigenvalue weighted by molar-refractivity contribution is 6.36. The summed E-state index contributed by atoms with van der Waals surface area (Å²) in [5, 5.41) is 1.15. The summed E-state index contributed by atoms with van der Waals surface area (Å²) < 4.78 is 10.6. The number of aryl methyl sites for hydroxylation is 2. The molecule has 1 aromatic rings. The van der Waals surface area contributed by atoms with Gasteiger partial charge < -0.3 is 19.4 Å². The quantitative estimate of drug-likeness (QED) is 0.574. The Morgan fingerprint density at radius 3 is 2.32 bits per heavy atom. The van der Waals surface area contributed by atoms with Crippen molar-refractivity contribution >= 4 is 29.0 Å². The van der Waals surface area contributed by atoms with Crippen molar-refractivity contribution < 1.29 is 9.47 Å². The van der Waals surface area contributed by atoms with Crippen LogP contribution in [0.1, 0.15) is 11.5 Å². The van der Waals surface area contributed by atoms with Crippen LogP contribution in [0.3, 0.4) is 0 Å². The van der Waals surface area contributed by atoms with Crippen molar-refractivity contribution in [3.63, 3.8) is 0 Å². The highest BCUT2D eigenvalue weighted by Gasteiger charge is 2.26. The highest BCUT2D eigenvalue weighted by atomic mass is 35.5. The van der Waals surface area contributed by atoms with Gasteiger partial charge in [0.15, 0.2) is 0 Å². The molecule has 0 radical (unpaired) electrons. The molecular weight excluding hydrogens is 399 g/mol. The topological polar surface area (TPSA) is 63.3 Å². The van der Waals surface area contributed by atoms with Crippen molar-refractivity contribution in [1.82, 2.24) is 15.0 Å². The van der Waals surface area contributed by atoms with E-state index in [1.54, 1.807) is 20.3 Å². The van der Waals surface area contributed by atoms with Crippen molar-refractivity contribution in [3.8, 4) is 22.5 Å². The molecule has 0 unspecified atom stereocenters. The van der Waals surface area contributed by atoms with E-state index in [4.69, 9.17) is 42.6 Å². The standard InChI is InChI=1S/C20H24Cl2N4O2/c1-12-17-19(18(23-12)15-6-5-14(21)11-16(15)22)24-13(2)25-20(17)26(7-9-27-3)8-10-28-4/h5-6,11H,7-10H2,1-4H3,(H,24,25). The fourth-order valence-electron chi connectivity index (χ4n) is 3.23. The Bertz CT molecular complexity index is 921. The van der Waals surface area contributed by atoms with Gasteiger partial charge in [-0.25, -0.2) is 4.98 Å². The van der Waals surface area contributed by atoms with Gasteiger partial charge in [0.25, 0.3) is 0 Å². The molecule has 3 rings (SSSR count). The zero-order chi connectivity index (χ0) is 20.3. The van der Waals surface area contributed by atoms with Crippen molar-refractivity contribution in [2.45, 2.75) is 13.8 Å². The van der Waals surface area contributed by atoms with Crippen molar-refractivity contribution in [2.24, 2.45) is 0 Å². The summed E-state index contributed by atoms with van der Waals surface area (Å²) in [5.41, 5.74) is 4.38. The van der Waals surface area contributed by atoms with Gasteiger partial charge in [-0.05, 0) is 32.0 Å². The van der Waals surface area contributed by atoms with Crippen LogP contribution in [-0.2, 0) is 9.47 Å². The largest absolute Gasteiger partial charge is 0.383 e. The van der Waals surface area contributed by atoms with E-state index in [0.29, 0.717) is 36.3 Å². The number of benzene rings is 1. The molecule has 2 heterocycles. The minimum absolute atomic E-state index is 0.562. The maximum absolute atomic E-state index is 6.46. The Balaban J connectivity index is 2.13. The van der Waals surface area contributed by atoms with Gasteiger partial charge in [-0.1, -0.05) is 23.2 Å². The smallest absolute Gasteiger partial charge is 0.142 e. The molecule has 0 amide bonds. The molecule has 0 atom stereocenters. The second-order valence-corrected chi connectivity index (χ2v) is 7.38. The van der Waals surface area contributed by atoms with E-state index < -0.39 is 0 Å². The summed E-state index contributed by atoms with van der Waals surface area (Å²) in [4.78, 5) is 15.1. The molecule has 6 nitrogen and oxygen atoms in total. The van der Waals surface area contributed by atoms with Gasteiger partial charge in [0, 0.05) is 37.9 Å². The monoisotopic (exact) mass is 422 g/mol. The lowest BCUT2D eigenvalue weighted by atomic mass is 10.1. The van der Waals surface area contributed by atoms with Crippen molar-refractivity contribution in [3.05, 3.63) is 39.8 Å². The molecule has 2 aliphatic rings. The summed E-state index contributed by atoms with van der Waals surface area (Å²) in [6.07, 6.45) is 0. The van der Waals surface area contributed by atoms with Crippen LogP contribution in [-0.4, -0.2) is 55.5 Å². The van der Waals surface area contributed by atoms with Crippen LogP contribution in [0.5, 0.6) is 0 Å². The van der Waals surface area contributed by atoms with E-state index in [-0.39, 0.29) is 0 Å². The fraction of sp³-hybridized carbons (Fsp3) is 0.400. The number of ether oxygens (including phenoxy) is 2. The summed E-state index contributed by atoms with van der Waals surface area (Å²) in [7, 11) is 3.38. The number of hydrogen-bond donors (Lipinski definition) is 1. The molecule has 0 spiro atoms. The number of halogens is 2. The minimum atomic E-state index is 0.562. The Hall–Kier alpha value is -1.86. The van der Waals surface area contributed by atoms with Crippen LogP contribution in [0.25, 0.3) is 22.5 Å². The van der Waals surface area contributed by atoms with Gasteiger partial charge in [0.2, 0.25) is 0 Å². The lowest BCUT2D eigenvalue weighted by Gasteiger charge is -2.26. The normalized spacial score (nSPS) is 11.4. The van der Waals surface area contributed by atoms with Crippen molar-refractivity contribution in [1.29, 1.82) is 0 Å². The number of aromatic nitrogens is 3. The highest BCUT2D eigenvalue weighted by Crippen LogP contribution is 2.42. The van der Waals surface area contributed by atoms with Crippen LogP contribution in [0, 0.1) is 13.8 Å². The van der Waals surface area contributed by atoms with E-state index in [1.807, 2.05) is 26.0 Å². The zero-order valence-electron chi connectivity index (χ0n) is 16.5. The van der Waals surface area contributed by atoms with Crippen LogP contribution in [0.4, 0.5) is 5.82 Å². The molecule has 0 saturated carbocycles. The fourth-order valence-corrected chi connectivity index (χ4v) is 3.73. The SMILES string of the molecule is COCCN(CCOC)c1nc(C)[nH]c2c(-c3ccc(Cl)cc3Cl)nc(C)c1-2. The molecule has 0 aromatic heterocycles. The molecular formula is C20H24Cl2N4O2. The molecule has 150 valence electrons. The Kier molecular flexibility index (Phi) is 6.78. The Morgan fingerprint density at radius 1 is 1.04 bits per heavy atom. The number of aromatic amines is 1. The predicted octanol–water partition coefficient (Wildman–Crippen LogP) is 4.60. The first-order valence-electron chi connectivity index (χ1n) is 9.01. The van der Waals surface area contributed by atoms with E-state index in [2.05, 4.69) is 9.88 Å². The maximum atomic E-state index is 6.46. The third-order valence-electron chi connectivity index (χ3n) is 4.55. The average Bonchev–Trinajstić information content (AvgIpc) is 2.97. The Labute approximate surface area is 175 Å². The summed E-state index contributed by atoms with van der Waals surface area (Å²) in [5.74, 6) is 1.66. The van der Waals surface area contributed by atoms with Gasteiger partial charge in [0.1, 0.15) is 11.6 Å². The third kappa shape index (κ3) is 4.25. The first-order valence-corrected chi connectivity index (χ1v) is 9.77. The van der Waals surface area contributed by atoms with E-state index in [0.717, 1.165) is 39.9 Å². The molecule has 0 fully saturated rings. The number of rotatable bonds is 8. The molecule has 0 bridgehead atoms. The number of nitrogens with zero attached hydrogens (tertiary/aromatic N) is 3. The minimum Gasteiger partial charge on any atom is -0.383 e. The number of fused-ring (bicyclic) bond motifs is 1. The Morgan fingerprint density at radius 2 is 1.71 bits per heavy atom. The van der Waals surface area contributed by atoms with Gasteiger partial charge in [-0.15, -0.1) is 0 Å². The molecule has 1 aromatic carbocycles. The maximum Gasteiger partial charge on any atom is 0.142 e.